The molecule has 0 bridgehead atoms. The van der Waals surface area contributed by atoms with Crippen LogP contribution in [0, 0.1) is 12.7 Å². The molecule has 3 nitrogen and oxygen atoms in total. The molecule has 0 aliphatic rings. The molecule has 4 rings (SSSR count). The van der Waals surface area contributed by atoms with Crippen LogP contribution in [0.15, 0.2) is 78.2 Å². The largest absolute Gasteiger partial charge is 0.325 e. The first kappa shape index (κ1) is 19.0. The molecule has 1 heterocycles. The van der Waals surface area contributed by atoms with Gasteiger partial charge < -0.3 is 5.32 Å². The van der Waals surface area contributed by atoms with E-state index in [2.05, 4.69) is 10.3 Å². The lowest BCUT2D eigenvalue weighted by Gasteiger charge is -2.10. The molecule has 1 aromatic heterocycles. The van der Waals surface area contributed by atoms with Crippen LogP contribution in [0.25, 0.3) is 21.8 Å². The third-order valence-corrected chi connectivity index (χ3v) is 5.41. The number of thiazole rings is 1. The molecule has 0 unspecified atom stereocenters. The molecule has 5 heteroatoms. The SMILES string of the molecule is Cc1cccc(CC(=O)Nc2ccccc2-c2csc(-c3ccccc3F)n2)c1. The van der Waals surface area contributed by atoms with E-state index >= 15 is 0 Å². The Morgan fingerprint density at radius 1 is 1.00 bits per heavy atom. The second-order valence-corrected chi connectivity index (χ2v) is 7.64. The van der Waals surface area contributed by atoms with Crippen molar-refractivity contribution in [2.45, 2.75) is 13.3 Å². The zero-order valence-corrected chi connectivity index (χ0v) is 16.7. The topological polar surface area (TPSA) is 42.0 Å². The van der Waals surface area contributed by atoms with Gasteiger partial charge >= 0.3 is 0 Å². The van der Waals surface area contributed by atoms with Gasteiger partial charge in [0.2, 0.25) is 5.91 Å². The summed E-state index contributed by atoms with van der Waals surface area (Å²) in [5, 5.41) is 5.48. The van der Waals surface area contributed by atoms with Crippen LogP contribution in [0.1, 0.15) is 11.1 Å². The molecule has 0 fully saturated rings. The number of para-hydroxylation sites is 1. The van der Waals surface area contributed by atoms with Gasteiger partial charge in [-0.2, -0.15) is 0 Å². The summed E-state index contributed by atoms with van der Waals surface area (Å²) in [4.78, 5) is 17.2. The molecule has 0 atom stereocenters. The molecular weight excluding hydrogens is 383 g/mol. The maximum absolute atomic E-state index is 14.1. The molecule has 144 valence electrons. The summed E-state index contributed by atoms with van der Waals surface area (Å²) in [6.07, 6.45) is 0.299. The van der Waals surface area contributed by atoms with E-state index < -0.39 is 0 Å². The third kappa shape index (κ3) is 4.41. The minimum atomic E-state index is -0.298. The predicted molar refractivity (Wildman–Crippen MR) is 116 cm³/mol. The van der Waals surface area contributed by atoms with E-state index in [1.54, 1.807) is 18.2 Å². The minimum Gasteiger partial charge on any atom is -0.325 e. The molecule has 0 aliphatic heterocycles. The van der Waals surface area contributed by atoms with Crippen LogP contribution in [0.4, 0.5) is 10.1 Å². The highest BCUT2D eigenvalue weighted by molar-refractivity contribution is 7.13. The van der Waals surface area contributed by atoms with Gasteiger partial charge in [0.25, 0.3) is 0 Å². The summed E-state index contributed by atoms with van der Waals surface area (Å²) in [5.41, 5.74) is 4.78. The number of nitrogens with zero attached hydrogens (tertiary/aromatic N) is 1. The zero-order chi connectivity index (χ0) is 20.2. The number of anilines is 1. The Kier molecular flexibility index (Phi) is 5.49. The number of carbonyl (C=O) groups excluding carboxylic acids is 1. The van der Waals surface area contributed by atoms with Crippen LogP contribution in [0.3, 0.4) is 0 Å². The first-order valence-corrected chi connectivity index (χ1v) is 10.1. The normalized spacial score (nSPS) is 10.7. The first-order chi connectivity index (χ1) is 14.1. The Hall–Kier alpha value is -3.31. The number of aromatic nitrogens is 1. The van der Waals surface area contributed by atoms with Gasteiger partial charge in [0.1, 0.15) is 10.8 Å². The Balaban J connectivity index is 1.58. The van der Waals surface area contributed by atoms with Gasteiger partial charge in [-0.1, -0.05) is 60.2 Å². The maximum Gasteiger partial charge on any atom is 0.228 e. The van der Waals surface area contributed by atoms with E-state index in [9.17, 15) is 9.18 Å². The number of nitrogens with one attached hydrogen (secondary N) is 1. The predicted octanol–water partition coefficient (Wildman–Crippen LogP) is 6.11. The fraction of sp³-hybridized carbons (Fsp3) is 0.0833. The highest BCUT2D eigenvalue weighted by Gasteiger charge is 2.14. The molecule has 4 aromatic rings. The summed E-state index contributed by atoms with van der Waals surface area (Å²) in [6, 6.07) is 22.0. The molecular formula is C24H19FN2OS. The summed E-state index contributed by atoms with van der Waals surface area (Å²) >= 11 is 1.38. The van der Waals surface area contributed by atoms with Gasteiger partial charge in [0, 0.05) is 16.5 Å². The Bertz CT molecular complexity index is 1170. The van der Waals surface area contributed by atoms with Crippen molar-refractivity contribution in [2.24, 2.45) is 0 Å². The number of hydrogen-bond donors (Lipinski definition) is 1. The smallest absolute Gasteiger partial charge is 0.228 e. The number of carbonyl (C=O) groups is 1. The molecule has 29 heavy (non-hydrogen) atoms. The van der Waals surface area contributed by atoms with Crippen molar-refractivity contribution in [3.63, 3.8) is 0 Å². The van der Waals surface area contributed by atoms with E-state index in [-0.39, 0.29) is 11.7 Å². The van der Waals surface area contributed by atoms with Crippen LogP contribution < -0.4 is 5.32 Å². The van der Waals surface area contributed by atoms with Crippen LogP contribution >= 0.6 is 11.3 Å². The van der Waals surface area contributed by atoms with Crippen molar-refractivity contribution in [3.8, 4) is 21.8 Å². The number of amides is 1. The van der Waals surface area contributed by atoms with E-state index in [1.807, 2.05) is 60.8 Å². The van der Waals surface area contributed by atoms with Crippen LogP contribution in [-0.4, -0.2) is 10.9 Å². The van der Waals surface area contributed by atoms with Crippen molar-refractivity contribution in [3.05, 3.63) is 95.1 Å². The summed E-state index contributed by atoms with van der Waals surface area (Å²) in [6.45, 7) is 2.01. The molecule has 3 aromatic carbocycles. The molecule has 1 N–H and O–H groups in total. The van der Waals surface area contributed by atoms with Crippen molar-refractivity contribution in [1.29, 1.82) is 0 Å². The van der Waals surface area contributed by atoms with E-state index in [1.165, 1.54) is 17.4 Å². The van der Waals surface area contributed by atoms with Crippen LogP contribution in [-0.2, 0) is 11.2 Å². The summed E-state index contributed by atoms with van der Waals surface area (Å²) < 4.78 is 14.1. The van der Waals surface area contributed by atoms with Crippen molar-refractivity contribution >= 4 is 22.9 Å². The molecule has 1 amide bonds. The Morgan fingerprint density at radius 3 is 2.55 bits per heavy atom. The van der Waals surface area contributed by atoms with Crippen molar-refractivity contribution in [1.82, 2.24) is 4.98 Å². The first-order valence-electron chi connectivity index (χ1n) is 9.25. The molecule has 0 saturated heterocycles. The summed E-state index contributed by atoms with van der Waals surface area (Å²) in [7, 11) is 0. The van der Waals surface area contributed by atoms with E-state index in [0.29, 0.717) is 28.4 Å². The maximum atomic E-state index is 14.1. The zero-order valence-electron chi connectivity index (χ0n) is 15.9. The molecule has 0 spiro atoms. The highest BCUT2D eigenvalue weighted by Crippen LogP contribution is 2.33. The highest BCUT2D eigenvalue weighted by atomic mass is 32.1. The fourth-order valence-electron chi connectivity index (χ4n) is 3.17. The fourth-order valence-corrected chi connectivity index (χ4v) is 4.02. The molecule has 0 aliphatic carbocycles. The van der Waals surface area contributed by atoms with Gasteiger partial charge in [-0.05, 0) is 30.7 Å². The number of benzene rings is 3. The second kappa shape index (κ2) is 8.37. The van der Waals surface area contributed by atoms with Crippen molar-refractivity contribution < 1.29 is 9.18 Å². The van der Waals surface area contributed by atoms with Gasteiger partial charge in [0.15, 0.2) is 0 Å². The lowest BCUT2D eigenvalue weighted by Crippen LogP contribution is -2.15. The van der Waals surface area contributed by atoms with Gasteiger partial charge in [0.05, 0.1) is 17.8 Å². The number of hydrogen-bond acceptors (Lipinski definition) is 3. The monoisotopic (exact) mass is 402 g/mol. The quantitative estimate of drug-likeness (QED) is 0.438. The minimum absolute atomic E-state index is 0.0902. The average Bonchev–Trinajstić information content (AvgIpc) is 3.18. The Morgan fingerprint density at radius 2 is 1.76 bits per heavy atom. The van der Waals surface area contributed by atoms with Gasteiger partial charge in [-0.15, -0.1) is 11.3 Å². The standard InChI is InChI=1S/C24H19FN2OS/c1-16-7-6-8-17(13-16)14-23(28)26-21-12-5-3-10-19(21)22-15-29-24(27-22)18-9-2-4-11-20(18)25/h2-13,15H,14H2,1H3,(H,26,28). The third-order valence-electron chi connectivity index (χ3n) is 4.53. The van der Waals surface area contributed by atoms with Gasteiger partial charge in [-0.25, -0.2) is 9.37 Å². The number of rotatable bonds is 5. The lowest BCUT2D eigenvalue weighted by molar-refractivity contribution is -0.115. The van der Waals surface area contributed by atoms with Crippen LogP contribution in [0.5, 0.6) is 0 Å². The summed E-state index contributed by atoms with van der Waals surface area (Å²) in [5.74, 6) is -0.388. The van der Waals surface area contributed by atoms with Crippen LogP contribution in [0.2, 0.25) is 0 Å². The lowest BCUT2D eigenvalue weighted by atomic mass is 10.1. The van der Waals surface area contributed by atoms with E-state index in [0.717, 1.165) is 16.7 Å². The van der Waals surface area contributed by atoms with Crippen molar-refractivity contribution in [2.75, 3.05) is 5.32 Å². The number of aryl methyl sites for hydroxylation is 1. The molecule has 0 radical (unpaired) electrons. The average molecular weight is 402 g/mol. The van der Waals surface area contributed by atoms with Gasteiger partial charge in [-0.3, -0.25) is 4.79 Å². The second-order valence-electron chi connectivity index (χ2n) is 6.78. The van der Waals surface area contributed by atoms with E-state index in [4.69, 9.17) is 0 Å². The Labute approximate surface area is 172 Å². The molecule has 0 saturated carbocycles. The number of halogens is 1.